The molecule has 12 heteroatoms. The summed E-state index contributed by atoms with van der Waals surface area (Å²) in [6, 6.07) is 4.42. The second kappa shape index (κ2) is 8.77. The van der Waals surface area contributed by atoms with E-state index in [1.165, 1.54) is 24.4 Å². The highest BCUT2D eigenvalue weighted by atomic mass is 35.5. The molecule has 2 aromatic heterocycles. The van der Waals surface area contributed by atoms with Gasteiger partial charge in [0.05, 0.1) is 5.69 Å². The minimum absolute atomic E-state index is 0.00513. The Hall–Kier alpha value is -2.76. The van der Waals surface area contributed by atoms with Crippen LogP contribution in [0.1, 0.15) is 36.9 Å². The highest BCUT2D eigenvalue weighted by molar-refractivity contribution is 7.93. The van der Waals surface area contributed by atoms with Gasteiger partial charge < -0.3 is 9.84 Å². The van der Waals surface area contributed by atoms with Gasteiger partial charge in [0.15, 0.2) is 12.5 Å². The Labute approximate surface area is 186 Å². The number of sulfonamides is 1. The number of rotatable bonds is 7. The average Bonchev–Trinajstić information content (AvgIpc) is 3.32. The minimum atomic E-state index is -4.24. The normalized spacial score (nSPS) is 11.4. The number of anilines is 2. The lowest BCUT2D eigenvalue weighted by Crippen LogP contribution is -2.20. The van der Waals surface area contributed by atoms with E-state index in [9.17, 15) is 22.4 Å². The standard InChI is InChI=1S/C19H17ClFN3O5S2/c1-9-6-10(2)16(12(7-9)13(25)8-21)22-18(26)17-14(4-5-30-17)31(27,28)24-19-15(20)11(3)23-29-19/h4-7,24H,8H2,1-3H3,(H,22,26). The van der Waals surface area contributed by atoms with Crippen molar-refractivity contribution in [1.29, 1.82) is 0 Å². The number of hydrogen-bond donors (Lipinski definition) is 2. The molecule has 0 fully saturated rings. The first kappa shape index (κ1) is 22.9. The zero-order chi connectivity index (χ0) is 22.9. The maximum Gasteiger partial charge on any atom is 0.267 e. The van der Waals surface area contributed by atoms with Crippen molar-refractivity contribution >= 4 is 56.2 Å². The Bertz CT molecular complexity index is 1280. The molecule has 3 aromatic rings. The molecule has 0 aliphatic carbocycles. The van der Waals surface area contributed by atoms with E-state index >= 15 is 0 Å². The number of nitrogens with one attached hydrogen (secondary N) is 2. The van der Waals surface area contributed by atoms with Crippen LogP contribution in [0.25, 0.3) is 0 Å². The Morgan fingerprint density at radius 3 is 2.58 bits per heavy atom. The number of halogens is 2. The van der Waals surface area contributed by atoms with E-state index in [0.29, 0.717) is 11.3 Å². The Morgan fingerprint density at radius 1 is 1.26 bits per heavy atom. The molecule has 1 amide bonds. The highest BCUT2D eigenvalue weighted by Gasteiger charge is 2.28. The maximum atomic E-state index is 13.0. The Balaban J connectivity index is 1.95. The van der Waals surface area contributed by atoms with Gasteiger partial charge in [-0.25, -0.2) is 17.5 Å². The first-order chi connectivity index (χ1) is 14.5. The average molecular weight is 486 g/mol. The van der Waals surface area contributed by atoms with Gasteiger partial charge in [0.1, 0.15) is 20.5 Å². The third kappa shape index (κ3) is 4.63. The van der Waals surface area contributed by atoms with Crippen molar-refractivity contribution in [2.45, 2.75) is 25.7 Å². The van der Waals surface area contributed by atoms with Crippen molar-refractivity contribution in [3.63, 3.8) is 0 Å². The SMILES string of the molecule is Cc1cc(C)c(NC(=O)c2sccc2S(=O)(=O)Nc2onc(C)c2Cl)c(C(=O)CF)c1. The van der Waals surface area contributed by atoms with Crippen molar-refractivity contribution < 1.29 is 26.9 Å². The van der Waals surface area contributed by atoms with E-state index in [1.807, 2.05) is 0 Å². The van der Waals surface area contributed by atoms with Gasteiger partial charge in [0.2, 0.25) is 0 Å². The number of carbonyl (C=O) groups is 2. The summed E-state index contributed by atoms with van der Waals surface area (Å²) < 4.78 is 45.6. The minimum Gasteiger partial charge on any atom is -0.336 e. The summed E-state index contributed by atoms with van der Waals surface area (Å²) in [7, 11) is -4.24. The molecule has 164 valence electrons. The zero-order valence-electron chi connectivity index (χ0n) is 16.6. The predicted molar refractivity (Wildman–Crippen MR) is 116 cm³/mol. The number of ketones is 1. The van der Waals surface area contributed by atoms with Gasteiger partial charge in [-0.3, -0.25) is 9.59 Å². The zero-order valence-corrected chi connectivity index (χ0v) is 19.0. The van der Waals surface area contributed by atoms with Crippen molar-refractivity contribution in [2.24, 2.45) is 0 Å². The molecular formula is C19H17ClFN3O5S2. The molecule has 2 N–H and O–H groups in total. The molecule has 0 aliphatic rings. The predicted octanol–water partition coefficient (Wildman–Crippen LogP) is 4.52. The summed E-state index contributed by atoms with van der Waals surface area (Å²) in [5.74, 6) is -1.84. The molecule has 31 heavy (non-hydrogen) atoms. The molecule has 0 atom stereocenters. The summed E-state index contributed by atoms with van der Waals surface area (Å²) in [6.07, 6.45) is 0. The molecule has 1 aromatic carbocycles. The van der Waals surface area contributed by atoms with Crippen LogP contribution in [0.5, 0.6) is 0 Å². The van der Waals surface area contributed by atoms with Gasteiger partial charge in [0.25, 0.3) is 21.8 Å². The molecule has 0 aliphatic heterocycles. The molecular weight excluding hydrogens is 469 g/mol. The lowest BCUT2D eigenvalue weighted by molar-refractivity contribution is 0.0959. The number of Topliss-reactive ketones (excluding diaryl/α,β-unsaturated/α-hetero) is 1. The van der Waals surface area contributed by atoms with Gasteiger partial charge >= 0.3 is 0 Å². The number of alkyl halides is 1. The topological polar surface area (TPSA) is 118 Å². The first-order valence-corrected chi connectivity index (χ1v) is 11.5. The first-order valence-electron chi connectivity index (χ1n) is 8.79. The summed E-state index contributed by atoms with van der Waals surface area (Å²) >= 11 is 6.84. The molecule has 0 spiro atoms. The summed E-state index contributed by atoms with van der Waals surface area (Å²) in [5.41, 5.74) is 1.68. The van der Waals surface area contributed by atoms with Crippen molar-refractivity contribution in [3.8, 4) is 0 Å². The van der Waals surface area contributed by atoms with E-state index in [4.69, 9.17) is 16.1 Å². The van der Waals surface area contributed by atoms with Crippen LogP contribution in [-0.4, -0.2) is 31.9 Å². The molecule has 0 unspecified atom stereocenters. The quantitative estimate of drug-likeness (QED) is 0.475. The van der Waals surface area contributed by atoms with Crippen LogP contribution >= 0.6 is 22.9 Å². The fourth-order valence-corrected chi connectivity index (χ4v) is 5.36. The molecule has 2 heterocycles. The Morgan fingerprint density at radius 2 is 1.97 bits per heavy atom. The van der Waals surface area contributed by atoms with Crippen LogP contribution < -0.4 is 10.0 Å². The van der Waals surface area contributed by atoms with Crippen molar-refractivity contribution in [1.82, 2.24) is 5.16 Å². The van der Waals surface area contributed by atoms with E-state index in [2.05, 4.69) is 15.2 Å². The monoisotopic (exact) mass is 485 g/mol. The van der Waals surface area contributed by atoms with Gasteiger partial charge in [-0.2, -0.15) is 0 Å². The van der Waals surface area contributed by atoms with Crippen LogP contribution in [0.2, 0.25) is 5.02 Å². The number of amides is 1. The van der Waals surface area contributed by atoms with E-state index in [0.717, 1.165) is 16.9 Å². The summed E-state index contributed by atoms with van der Waals surface area (Å²) in [6.45, 7) is 3.69. The molecule has 0 radical (unpaired) electrons. The molecule has 0 saturated heterocycles. The summed E-state index contributed by atoms with van der Waals surface area (Å²) in [5, 5.41) is 7.54. The number of aryl methyl sites for hydroxylation is 3. The lowest BCUT2D eigenvalue weighted by Gasteiger charge is -2.14. The molecule has 0 saturated carbocycles. The van der Waals surface area contributed by atoms with E-state index in [-0.39, 0.29) is 31.9 Å². The lowest BCUT2D eigenvalue weighted by atomic mass is 10.0. The van der Waals surface area contributed by atoms with Crippen LogP contribution in [0, 0.1) is 20.8 Å². The second-order valence-electron chi connectivity index (χ2n) is 6.65. The second-order valence-corrected chi connectivity index (χ2v) is 9.59. The number of nitrogens with zero attached hydrogens (tertiary/aromatic N) is 1. The third-order valence-corrected chi connectivity index (χ3v) is 7.14. The van der Waals surface area contributed by atoms with Crippen LogP contribution in [-0.2, 0) is 10.0 Å². The maximum absolute atomic E-state index is 13.0. The Kier molecular flexibility index (Phi) is 6.48. The van der Waals surface area contributed by atoms with Gasteiger partial charge in [-0.15, -0.1) is 11.3 Å². The van der Waals surface area contributed by atoms with Crippen molar-refractivity contribution in [3.05, 3.63) is 55.9 Å². The smallest absolute Gasteiger partial charge is 0.267 e. The van der Waals surface area contributed by atoms with Crippen LogP contribution in [0.3, 0.4) is 0 Å². The highest BCUT2D eigenvalue weighted by Crippen LogP contribution is 2.31. The van der Waals surface area contributed by atoms with Crippen molar-refractivity contribution in [2.75, 3.05) is 16.7 Å². The van der Waals surface area contributed by atoms with E-state index in [1.54, 1.807) is 19.9 Å². The van der Waals surface area contributed by atoms with Crippen LogP contribution in [0.4, 0.5) is 16.0 Å². The molecule has 8 nitrogen and oxygen atoms in total. The number of aromatic nitrogens is 1. The fraction of sp³-hybridized carbons (Fsp3) is 0.211. The largest absolute Gasteiger partial charge is 0.336 e. The van der Waals surface area contributed by atoms with Gasteiger partial charge in [-0.1, -0.05) is 22.8 Å². The molecule has 3 rings (SSSR count). The number of thiophene rings is 1. The summed E-state index contributed by atoms with van der Waals surface area (Å²) in [4.78, 5) is 24.5. The third-order valence-electron chi connectivity index (χ3n) is 4.28. The van der Waals surface area contributed by atoms with E-state index < -0.39 is 28.4 Å². The van der Waals surface area contributed by atoms with Crippen LogP contribution in [0.15, 0.2) is 33.0 Å². The van der Waals surface area contributed by atoms with Gasteiger partial charge in [0, 0.05) is 5.56 Å². The number of carbonyl (C=O) groups excluding carboxylic acids is 2. The molecule has 0 bridgehead atoms. The fourth-order valence-electron chi connectivity index (χ4n) is 2.87. The number of benzene rings is 1. The number of hydrogen-bond acceptors (Lipinski definition) is 7. The van der Waals surface area contributed by atoms with Gasteiger partial charge in [-0.05, 0) is 49.4 Å².